The summed E-state index contributed by atoms with van der Waals surface area (Å²) in [6.45, 7) is 4.72. The Morgan fingerprint density at radius 3 is 1.51 bits per heavy atom. The van der Waals surface area contributed by atoms with Gasteiger partial charge in [-0.2, -0.15) is 0 Å². The third-order valence-corrected chi connectivity index (χ3v) is 10.9. The number of nitrogens with zero attached hydrogens (tertiary/aromatic N) is 2. The number of aromatic nitrogens is 2. The zero-order chi connectivity index (χ0) is 34.1. The maximum Gasteiger partial charge on any atom is 0.160 e. The summed E-state index contributed by atoms with van der Waals surface area (Å²) in [5.41, 5.74) is 12.8. The predicted molar refractivity (Wildman–Crippen MR) is 214 cm³/mol. The fraction of sp³-hybridized carbons (Fsp3) is 0.0612. The monoisotopic (exact) mass is 650 g/mol. The van der Waals surface area contributed by atoms with Gasteiger partial charge in [-0.15, -0.1) is 0 Å². The van der Waals surface area contributed by atoms with Crippen molar-refractivity contribution < 1.29 is 0 Å². The molecule has 0 bridgehead atoms. The van der Waals surface area contributed by atoms with Gasteiger partial charge in [-0.25, -0.2) is 9.97 Å². The molecular weight excluding hydrogens is 617 g/mol. The van der Waals surface area contributed by atoms with E-state index in [0.29, 0.717) is 0 Å². The van der Waals surface area contributed by atoms with Crippen LogP contribution in [0.1, 0.15) is 25.0 Å². The van der Waals surface area contributed by atoms with Gasteiger partial charge in [0.15, 0.2) is 5.82 Å². The van der Waals surface area contributed by atoms with E-state index in [1.54, 1.807) is 0 Å². The summed E-state index contributed by atoms with van der Waals surface area (Å²) in [5.74, 6) is 0.718. The van der Waals surface area contributed by atoms with E-state index in [1.807, 2.05) is 12.1 Å². The Morgan fingerprint density at radius 2 is 0.843 bits per heavy atom. The molecule has 0 saturated carbocycles. The van der Waals surface area contributed by atoms with Gasteiger partial charge in [-0.05, 0) is 90.0 Å². The molecule has 2 nitrogen and oxygen atoms in total. The van der Waals surface area contributed by atoms with Gasteiger partial charge in [0.05, 0.1) is 11.4 Å². The third-order valence-electron chi connectivity index (χ3n) is 10.9. The van der Waals surface area contributed by atoms with Crippen LogP contribution < -0.4 is 0 Å². The molecule has 0 aliphatic heterocycles. The zero-order valence-corrected chi connectivity index (χ0v) is 28.6. The van der Waals surface area contributed by atoms with E-state index >= 15 is 0 Å². The van der Waals surface area contributed by atoms with Crippen molar-refractivity contribution in [3.63, 3.8) is 0 Å². The first-order valence-electron chi connectivity index (χ1n) is 17.7. The van der Waals surface area contributed by atoms with Crippen LogP contribution in [0.15, 0.2) is 170 Å². The van der Waals surface area contributed by atoms with Gasteiger partial charge in [0.1, 0.15) is 0 Å². The van der Waals surface area contributed by atoms with Gasteiger partial charge < -0.3 is 0 Å². The van der Waals surface area contributed by atoms with Crippen molar-refractivity contribution in [3.8, 4) is 56.2 Å². The molecule has 1 heterocycles. The molecule has 0 atom stereocenters. The lowest BCUT2D eigenvalue weighted by atomic mass is 9.81. The molecule has 0 saturated heterocycles. The minimum absolute atomic E-state index is 0.0496. The summed E-state index contributed by atoms with van der Waals surface area (Å²) in [6, 6.07) is 61.2. The third kappa shape index (κ3) is 4.71. The Balaban J connectivity index is 1.09. The first kappa shape index (κ1) is 29.5. The molecule has 1 aliphatic carbocycles. The lowest BCUT2D eigenvalue weighted by molar-refractivity contribution is 0.661. The lowest BCUT2D eigenvalue weighted by Crippen LogP contribution is -2.14. The van der Waals surface area contributed by atoms with E-state index in [2.05, 4.69) is 172 Å². The molecule has 0 spiro atoms. The van der Waals surface area contributed by atoms with Gasteiger partial charge in [0.2, 0.25) is 0 Å². The molecule has 2 heteroatoms. The summed E-state index contributed by atoms with van der Waals surface area (Å²) in [6.07, 6.45) is 0. The van der Waals surface area contributed by atoms with Crippen LogP contribution in [0, 0.1) is 0 Å². The minimum Gasteiger partial charge on any atom is -0.228 e. The lowest BCUT2D eigenvalue weighted by Gasteiger charge is -2.22. The Kier molecular flexibility index (Phi) is 6.56. The highest BCUT2D eigenvalue weighted by molar-refractivity contribution is 6.26. The largest absolute Gasteiger partial charge is 0.228 e. The van der Waals surface area contributed by atoms with E-state index in [0.717, 1.165) is 39.5 Å². The first-order valence-corrected chi connectivity index (χ1v) is 17.7. The normalized spacial score (nSPS) is 13.1. The number of benzene rings is 8. The smallest absolute Gasteiger partial charge is 0.160 e. The first-order chi connectivity index (χ1) is 25.0. The average Bonchev–Trinajstić information content (AvgIpc) is 3.43. The summed E-state index contributed by atoms with van der Waals surface area (Å²) in [7, 11) is 0. The molecule has 0 N–H and O–H groups in total. The molecule has 0 radical (unpaired) electrons. The summed E-state index contributed by atoms with van der Waals surface area (Å²) < 4.78 is 0. The minimum atomic E-state index is -0.0496. The Labute approximate surface area is 297 Å². The number of rotatable bonds is 4. The fourth-order valence-corrected chi connectivity index (χ4v) is 8.23. The Hall–Kier alpha value is -6.38. The summed E-state index contributed by atoms with van der Waals surface area (Å²) in [4.78, 5) is 10.1. The average molecular weight is 651 g/mol. The van der Waals surface area contributed by atoms with Crippen LogP contribution in [0.4, 0.5) is 0 Å². The van der Waals surface area contributed by atoms with Crippen LogP contribution in [0.3, 0.4) is 0 Å². The quantitative estimate of drug-likeness (QED) is 0.177. The van der Waals surface area contributed by atoms with Crippen LogP contribution >= 0.6 is 0 Å². The highest BCUT2D eigenvalue weighted by atomic mass is 14.9. The van der Waals surface area contributed by atoms with Crippen molar-refractivity contribution in [3.05, 3.63) is 181 Å². The van der Waals surface area contributed by atoms with E-state index in [9.17, 15) is 0 Å². The van der Waals surface area contributed by atoms with Gasteiger partial charge in [0, 0.05) is 22.1 Å². The summed E-state index contributed by atoms with van der Waals surface area (Å²) in [5, 5.41) is 7.77. The van der Waals surface area contributed by atoms with Crippen molar-refractivity contribution >= 4 is 32.3 Å². The van der Waals surface area contributed by atoms with Crippen molar-refractivity contribution in [1.29, 1.82) is 0 Å². The van der Waals surface area contributed by atoms with Gasteiger partial charge >= 0.3 is 0 Å². The van der Waals surface area contributed by atoms with Crippen LogP contribution in [0.5, 0.6) is 0 Å². The molecule has 51 heavy (non-hydrogen) atoms. The topological polar surface area (TPSA) is 25.8 Å². The van der Waals surface area contributed by atoms with E-state index < -0.39 is 0 Å². The van der Waals surface area contributed by atoms with Gasteiger partial charge in [-0.1, -0.05) is 159 Å². The number of hydrogen-bond acceptors (Lipinski definition) is 2. The molecule has 0 unspecified atom stereocenters. The molecule has 9 aromatic rings. The standard InChI is InChI=1S/C49H34N2/c1-49(2)44-20-12-11-19-39(44)43-28-41-37-18-10-9-17-36(37)40-27-35(25-26-38(40)42(41)29-45(43)49)31-21-23-34(24-22-31)48-50-46(32-13-5-3-6-14-32)30-47(51-48)33-15-7-4-8-16-33/h3-30H,1-2H3. The van der Waals surface area contributed by atoms with E-state index in [4.69, 9.17) is 9.97 Å². The number of fused-ring (bicyclic) bond motifs is 9. The van der Waals surface area contributed by atoms with Crippen molar-refractivity contribution in [2.75, 3.05) is 0 Å². The van der Waals surface area contributed by atoms with Crippen LogP contribution in [0.25, 0.3) is 88.5 Å². The molecule has 10 rings (SSSR count). The zero-order valence-electron chi connectivity index (χ0n) is 28.6. The summed E-state index contributed by atoms with van der Waals surface area (Å²) >= 11 is 0. The van der Waals surface area contributed by atoms with E-state index in [1.165, 1.54) is 60.1 Å². The maximum absolute atomic E-state index is 5.04. The molecule has 8 aromatic carbocycles. The highest BCUT2D eigenvalue weighted by Gasteiger charge is 2.35. The van der Waals surface area contributed by atoms with E-state index in [-0.39, 0.29) is 5.41 Å². The second-order valence-electron chi connectivity index (χ2n) is 14.2. The molecule has 0 fully saturated rings. The predicted octanol–water partition coefficient (Wildman–Crippen LogP) is 12.9. The Morgan fingerprint density at radius 1 is 0.333 bits per heavy atom. The SMILES string of the molecule is CC1(C)c2ccccc2-c2cc3c4ccccc4c4cc(-c5ccc(-c6nc(-c7ccccc7)cc(-c7ccccc7)n6)cc5)ccc4c3cc21. The van der Waals surface area contributed by atoms with Crippen molar-refractivity contribution in [1.82, 2.24) is 9.97 Å². The fourth-order valence-electron chi connectivity index (χ4n) is 8.23. The molecule has 0 amide bonds. The van der Waals surface area contributed by atoms with Gasteiger partial charge in [0.25, 0.3) is 0 Å². The maximum atomic E-state index is 5.04. The second-order valence-corrected chi connectivity index (χ2v) is 14.2. The Bertz CT molecular complexity index is 2740. The van der Waals surface area contributed by atoms with Crippen molar-refractivity contribution in [2.45, 2.75) is 19.3 Å². The highest BCUT2D eigenvalue weighted by Crippen LogP contribution is 2.51. The second kappa shape index (κ2) is 11.3. The van der Waals surface area contributed by atoms with Crippen molar-refractivity contribution in [2.24, 2.45) is 0 Å². The van der Waals surface area contributed by atoms with Crippen LogP contribution in [-0.2, 0) is 5.41 Å². The van der Waals surface area contributed by atoms with Crippen LogP contribution in [-0.4, -0.2) is 9.97 Å². The molecule has 240 valence electrons. The number of hydrogen-bond donors (Lipinski definition) is 0. The van der Waals surface area contributed by atoms with Crippen LogP contribution in [0.2, 0.25) is 0 Å². The molecule has 1 aliphatic rings. The molecular formula is C49H34N2. The van der Waals surface area contributed by atoms with Gasteiger partial charge in [-0.3, -0.25) is 0 Å². The molecule has 1 aromatic heterocycles.